The van der Waals surface area contributed by atoms with Crippen LogP contribution in [0.15, 0.2) is 58.1 Å². The molecule has 2 N–H and O–H groups in total. The third kappa shape index (κ3) is 6.23. The fourth-order valence-electron chi connectivity index (χ4n) is 3.04. The molecule has 0 aliphatic heterocycles. The van der Waals surface area contributed by atoms with Crippen LogP contribution in [0.1, 0.15) is 29.8 Å². The van der Waals surface area contributed by atoms with Crippen LogP contribution in [0.2, 0.25) is 0 Å². The highest BCUT2D eigenvalue weighted by Crippen LogP contribution is 2.36. The van der Waals surface area contributed by atoms with Crippen LogP contribution < -0.4 is 14.9 Å². The summed E-state index contributed by atoms with van der Waals surface area (Å²) in [5, 5.41) is 15.8. The first-order chi connectivity index (χ1) is 15.9. The van der Waals surface area contributed by atoms with Crippen LogP contribution >= 0.6 is 15.9 Å². The number of hydrogen-bond donors (Lipinski definition) is 2. The van der Waals surface area contributed by atoms with Crippen molar-refractivity contribution >= 4 is 44.8 Å². The van der Waals surface area contributed by atoms with E-state index in [0.29, 0.717) is 28.1 Å². The Balaban J connectivity index is 1.74. The van der Waals surface area contributed by atoms with Crippen LogP contribution in [0.25, 0.3) is 10.8 Å². The highest BCUT2D eigenvalue weighted by molar-refractivity contribution is 9.10. The number of ether oxygens (including phenoxy) is 3. The number of carbonyl (C=O) groups excluding carboxylic acids is 2. The lowest BCUT2D eigenvalue weighted by Gasteiger charge is -2.14. The standard InChI is InChI=1S/C24H23BrN2O6/c1-3-31-21-10-15(9-19(25)23(21)33-14-22(29)32-4-2)13-26-27-24(30)18-11-16-7-5-6-8-17(16)12-20(18)28/h5-13,28H,3-4,14H2,1-2H3,(H,27,30). The number of fused-ring (bicyclic) bond motifs is 1. The van der Waals surface area contributed by atoms with Crippen LogP contribution in [0.3, 0.4) is 0 Å². The number of nitrogens with one attached hydrogen (secondary N) is 1. The molecule has 3 rings (SSSR count). The average molecular weight is 515 g/mol. The second-order valence-electron chi connectivity index (χ2n) is 6.77. The lowest BCUT2D eigenvalue weighted by molar-refractivity contribution is -0.145. The molecule has 8 nitrogen and oxygen atoms in total. The maximum absolute atomic E-state index is 12.5. The molecule has 172 valence electrons. The number of halogens is 1. The number of carbonyl (C=O) groups is 2. The molecule has 0 aliphatic rings. The lowest BCUT2D eigenvalue weighted by atomic mass is 10.1. The maximum Gasteiger partial charge on any atom is 0.344 e. The third-order valence-corrected chi connectivity index (χ3v) is 5.05. The molecule has 0 saturated heterocycles. The Morgan fingerprint density at radius 2 is 1.79 bits per heavy atom. The summed E-state index contributed by atoms with van der Waals surface area (Å²) in [6.07, 6.45) is 1.43. The Morgan fingerprint density at radius 3 is 2.48 bits per heavy atom. The van der Waals surface area contributed by atoms with E-state index in [1.165, 1.54) is 12.3 Å². The molecule has 0 bridgehead atoms. The first-order valence-electron chi connectivity index (χ1n) is 10.2. The van der Waals surface area contributed by atoms with Gasteiger partial charge in [0, 0.05) is 0 Å². The van der Waals surface area contributed by atoms with Gasteiger partial charge in [0.25, 0.3) is 5.91 Å². The minimum absolute atomic E-state index is 0.116. The quantitative estimate of drug-likeness (QED) is 0.249. The summed E-state index contributed by atoms with van der Waals surface area (Å²) in [7, 11) is 0. The maximum atomic E-state index is 12.5. The van der Waals surface area contributed by atoms with E-state index in [-0.39, 0.29) is 24.5 Å². The van der Waals surface area contributed by atoms with E-state index in [2.05, 4.69) is 26.5 Å². The van der Waals surface area contributed by atoms with Crippen molar-refractivity contribution in [1.29, 1.82) is 0 Å². The van der Waals surface area contributed by atoms with E-state index >= 15 is 0 Å². The number of amides is 1. The molecule has 0 heterocycles. The zero-order valence-electron chi connectivity index (χ0n) is 18.1. The Morgan fingerprint density at radius 1 is 1.06 bits per heavy atom. The van der Waals surface area contributed by atoms with Crippen LogP contribution in [-0.2, 0) is 9.53 Å². The number of phenolic OH excluding ortho intramolecular Hbond substituents is 1. The molecule has 0 fully saturated rings. The molecule has 0 radical (unpaired) electrons. The number of hydrogen-bond acceptors (Lipinski definition) is 7. The van der Waals surface area contributed by atoms with E-state index in [9.17, 15) is 14.7 Å². The Hall–Kier alpha value is -3.59. The molecule has 3 aromatic rings. The van der Waals surface area contributed by atoms with Gasteiger partial charge >= 0.3 is 5.97 Å². The number of hydrazone groups is 1. The van der Waals surface area contributed by atoms with Gasteiger partial charge in [-0.25, -0.2) is 10.2 Å². The fourth-order valence-corrected chi connectivity index (χ4v) is 3.61. The lowest BCUT2D eigenvalue weighted by Crippen LogP contribution is -2.17. The Kier molecular flexibility index (Phi) is 8.26. The SMILES string of the molecule is CCOC(=O)COc1c(Br)cc(C=NNC(=O)c2cc3ccccc3cc2O)cc1OCC. The molecule has 0 unspecified atom stereocenters. The number of nitrogens with zero attached hydrogens (tertiary/aromatic N) is 1. The normalized spacial score (nSPS) is 10.9. The van der Waals surface area contributed by atoms with Gasteiger partial charge in [0.2, 0.25) is 0 Å². The molecule has 9 heteroatoms. The summed E-state index contributed by atoms with van der Waals surface area (Å²) in [6.45, 7) is 3.92. The number of phenols is 1. The second-order valence-corrected chi connectivity index (χ2v) is 7.63. The van der Waals surface area contributed by atoms with Crippen molar-refractivity contribution in [3.63, 3.8) is 0 Å². The van der Waals surface area contributed by atoms with Gasteiger partial charge in [-0.2, -0.15) is 5.10 Å². The van der Waals surface area contributed by atoms with Crippen LogP contribution in [0, 0.1) is 0 Å². The van der Waals surface area contributed by atoms with Gasteiger partial charge in [0.1, 0.15) is 5.75 Å². The van der Waals surface area contributed by atoms with Gasteiger partial charge < -0.3 is 19.3 Å². The summed E-state index contributed by atoms with van der Waals surface area (Å²) in [5.74, 6) is -0.417. The minimum Gasteiger partial charge on any atom is -0.507 e. The summed E-state index contributed by atoms with van der Waals surface area (Å²) in [4.78, 5) is 24.1. The Labute approximate surface area is 199 Å². The molecule has 3 aromatic carbocycles. The average Bonchev–Trinajstić information content (AvgIpc) is 2.78. The van der Waals surface area contributed by atoms with E-state index in [1.807, 2.05) is 31.2 Å². The second kappa shape index (κ2) is 11.3. The van der Waals surface area contributed by atoms with Crippen molar-refractivity contribution in [2.45, 2.75) is 13.8 Å². The summed E-state index contributed by atoms with van der Waals surface area (Å²) < 4.78 is 16.6. The summed E-state index contributed by atoms with van der Waals surface area (Å²) in [5.41, 5.74) is 3.14. The predicted octanol–water partition coefficient (Wildman–Crippen LogP) is 4.41. The van der Waals surface area contributed by atoms with Gasteiger partial charge in [-0.15, -0.1) is 0 Å². The van der Waals surface area contributed by atoms with Gasteiger partial charge in [-0.3, -0.25) is 4.79 Å². The number of aromatic hydroxyl groups is 1. The molecule has 0 saturated carbocycles. The van der Waals surface area contributed by atoms with E-state index in [4.69, 9.17) is 14.2 Å². The van der Waals surface area contributed by atoms with Crippen molar-refractivity contribution in [3.05, 3.63) is 64.1 Å². The van der Waals surface area contributed by atoms with Crippen molar-refractivity contribution < 1.29 is 28.9 Å². The van der Waals surface area contributed by atoms with Gasteiger partial charge in [-0.1, -0.05) is 24.3 Å². The first-order valence-corrected chi connectivity index (χ1v) is 11.0. The zero-order valence-corrected chi connectivity index (χ0v) is 19.7. The van der Waals surface area contributed by atoms with E-state index < -0.39 is 11.9 Å². The molecular weight excluding hydrogens is 492 g/mol. The molecule has 33 heavy (non-hydrogen) atoms. The fraction of sp³-hybridized carbons (Fsp3) is 0.208. The van der Waals surface area contributed by atoms with Crippen molar-refractivity contribution in [1.82, 2.24) is 5.43 Å². The minimum atomic E-state index is -0.548. The van der Waals surface area contributed by atoms with Crippen LogP contribution in [0.5, 0.6) is 17.2 Å². The first kappa shape index (κ1) is 24.1. The van der Waals surface area contributed by atoms with Gasteiger partial charge in [-0.05, 0) is 70.4 Å². The molecule has 0 aromatic heterocycles. The van der Waals surface area contributed by atoms with E-state index in [1.54, 1.807) is 25.1 Å². The van der Waals surface area contributed by atoms with Crippen LogP contribution in [-0.4, -0.2) is 43.0 Å². The smallest absolute Gasteiger partial charge is 0.344 e. The highest BCUT2D eigenvalue weighted by Gasteiger charge is 2.15. The molecule has 0 atom stereocenters. The number of benzene rings is 3. The zero-order chi connectivity index (χ0) is 23.8. The van der Waals surface area contributed by atoms with Crippen LogP contribution in [0.4, 0.5) is 0 Å². The van der Waals surface area contributed by atoms with Gasteiger partial charge in [0.15, 0.2) is 18.1 Å². The van der Waals surface area contributed by atoms with Crippen molar-refractivity contribution in [3.8, 4) is 17.2 Å². The largest absolute Gasteiger partial charge is 0.507 e. The molecular formula is C24H23BrN2O6. The van der Waals surface area contributed by atoms with E-state index in [0.717, 1.165) is 10.8 Å². The Bertz CT molecular complexity index is 1200. The number of esters is 1. The monoisotopic (exact) mass is 514 g/mol. The molecule has 0 spiro atoms. The molecule has 1 amide bonds. The summed E-state index contributed by atoms with van der Waals surface area (Å²) >= 11 is 3.41. The predicted molar refractivity (Wildman–Crippen MR) is 128 cm³/mol. The summed E-state index contributed by atoms with van der Waals surface area (Å²) in [6, 6.07) is 13.9. The number of rotatable bonds is 9. The third-order valence-electron chi connectivity index (χ3n) is 4.46. The highest BCUT2D eigenvalue weighted by atomic mass is 79.9. The van der Waals surface area contributed by atoms with Crippen molar-refractivity contribution in [2.24, 2.45) is 5.10 Å². The topological polar surface area (TPSA) is 106 Å². The van der Waals surface area contributed by atoms with Gasteiger partial charge in [0.05, 0.1) is 29.5 Å². The van der Waals surface area contributed by atoms with Crippen molar-refractivity contribution in [2.75, 3.05) is 19.8 Å². The molecule has 0 aliphatic carbocycles.